The topological polar surface area (TPSA) is 72.6 Å². The molecule has 0 spiro atoms. The molecule has 0 radical (unpaired) electrons. The number of piperidine rings is 1. The van der Waals surface area contributed by atoms with Gasteiger partial charge in [0.1, 0.15) is 11.6 Å². The van der Waals surface area contributed by atoms with E-state index in [9.17, 15) is 14.0 Å². The van der Waals surface area contributed by atoms with Gasteiger partial charge in [0, 0.05) is 19.0 Å². The van der Waals surface area contributed by atoms with Gasteiger partial charge in [0.15, 0.2) is 0 Å². The molecule has 5 nitrogen and oxygen atoms in total. The van der Waals surface area contributed by atoms with Gasteiger partial charge in [0.25, 0.3) is 0 Å². The third-order valence-electron chi connectivity index (χ3n) is 4.22. The van der Waals surface area contributed by atoms with Gasteiger partial charge in [-0.05, 0) is 50.5 Å². The van der Waals surface area contributed by atoms with Crippen LogP contribution in [0.5, 0.6) is 5.75 Å². The van der Waals surface area contributed by atoms with Crippen LogP contribution in [0.2, 0.25) is 0 Å². The Bertz CT molecular complexity index is 547. The quantitative estimate of drug-likeness (QED) is 0.815. The van der Waals surface area contributed by atoms with E-state index in [0.29, 0.717) is 31.7 Å². The average molecular weight is 322 g/mol. The lowest BCUT2D eigenvalue weighted by molar-refractivity contribution is -0.137. The predicted molar refractivity (Wildman–Crippen MR) is 84.2 cm³/mol. The molecule has 6 heteroatoms. The minimum atomic E-state index is -0.339. The highest BCUT2D eigenvalue weighted by molar-refractivity contribution is 5.80. The van der Waals surface area contributed by atoms with Gasteiger partial charge in [0.2, 0.25) is 11.8 Å². The van der Waals surface area contributed by atoms with Crippen molar-refractivity contribution < 1.29 is 18.7 Å². The molecule has 23 heavy (non-hydrogen) atoms. The number of nitrogens with two attached hydrogens (primary N) is 1. The van der Waals surface area contributed by atoms with E-state index >= 15 is 0 Å². The highest BCUT2D eigenvalue weighted by Crippen LogP contribution is 2.22. The van der Waals surface area contributed by atoms with E-state index in [-0.39, 0.29) is 29.6 Å². The molecular formula is C17H23FN2O3. The number of rotatable bonds is 6. The second kappa shape index (κ2) is 7.94. The van der Waals surface area contributed by atoms with Crippen molar-refractivity contribution >= 4 is 11.8 Å². The molecule has 1 aliphatic heterocycles. The molecule has 0 aromatic heterocycles. The van der Waals surface area contributed by atoms with E-state index in [1.807, 2.05) is 6.92 Å². The van der Waals surface area contributed by atoms with Gasteiger partial charge in [-0.3, -0.25) is 9.59 Å². The molecule has 2 atom stereocenters. The van der Waals surface area contributed by atoms with Crippen molar-refractivity contribution in [1.82, 2.24) is 4.90 Å². The third kappa shape index (κ3) is 4.94. The summed E-state index contributed by atoms with van der Waals surface area (Å²) < 4.78 is 18.2. The van der Waals surface area contributed by atoms with Crippen LogP contribution in [0.25, 0.3) is 0 Å². The normalized spacial score (nSPS) is 21.0. The summed E-state index contributed by atoms with van der Waals surface area (Å²) in [5.74, 6) is -0.291. The summed E-state index contributed by atoms with van der Waals surface area (Å²) in [6.45, 7) is 2.79. The Morgan fingerprint density at radius 3 is 2.65 bits per heavy atom. The maximum atomic E-state index is 12.8. The molecule has 0 saturated carbocycles. The lowest BCUT2D eigenvalue weighted by atomic mass is 9.92. The van der Waals surface area contributed by atoms with Crippen LogP contribution >= 0.6 is 0 Å². The summed E-state index contributed by atoms with van der Waals surface area (Å²) in [7, 11) is 0. The zero-order valence-electron chi connectivity index (χ0n) is 13.3. The Labute approximate surface area is 135 Å². The van der Waals surface area contributed by atoms with Gasteiger partial charge in [-0.2, -0.15) is 0 Å². The summed E-state index contributed by atoms with van der Waals surface area (Å²) in [6, 6.07) is 5.92. The zero-order chi connectivity index (χ0) is 16.8. The molecule has 126 valence electrons. The molecule has 1 aliphatic rings. The number of nitrogens with zero attached hydrogens (tertiary/aromatic N) is 1. The Balaban J connectivity index is 1.75. The predicted octanol–water partition coefficient (Wildman–Crippen LogP) is 2.10. The van der Waals surface area contributed by atoms with Crippen molar-refractivity contribution in [3.8, 4) is 5.75 Å². The van der Waals surface area contributed by atoms with E-state index in [2.05, 4.69) is 0 Å². The van der Waals surface area contributed by atoms with E-state index in [1.165, 1.54) is 12.1 Å². The summed E-state index contributed by atoms with van der Waals surface area (Å²) in [4.78, 5) is 25.4. The smallest absolute Gasteiger partial charge is 0.222 e. The fourth-order valence-electron chi connectivity index (χ4n) is 2.77. The largest absolute Gasteiger partial charge is 0.494 e. The van der Waals surface area contributed by atoms with Gasteiger partial charge in [-0.25, -0.2) is 4.39 Å². The summed E-state index contributed by atoms with van der Waals surface area (Å²) in [5, 5.41) is 0. The molecule has 1 aromatic carbocycles. The molecule has 0 aliphatic carbocycles. The highest BCUT2D eigenvalue weighted by Gasteiger charge is 2.31. The molecule has 2 N–H and O–H groups in total. The van der Waals surface area contributed by atoms with E-state index < -0.39 is 0 Å². The minimum Gasteiger partial charge on any atom is -0.494 e. The Kier molecular flexibility index (Phi) is 5.96. The molecular weight excluding hydrogens is 299 g/mol. The molecule has 1 saturated heterocycles. The first-order valence-corrected chi connectivity index (χ1v) is 7.94. The van der Waals surface area contributed by atoms with Crippen LogP contribution in [0.4, 0.5) is 4.39 Å². The van der Waals surface area contributed by atoms with Crippen LogP contribution < -0.4 is 10.5 Å². The number of primary amides is 1. The molecule has 1 fully saturated rings. The summed E-state index contributed by atoms with van der Waals surface area (Å²) in [6.07, 6.45) is 2.47. The molecule has 1 heterocycles. The second-order valence-corrected chi connectivity index (χ2v) is 5.98. The number of likely N-dealkylation sites (tertiary alicyclic amines) is 1. The van der Waals surface area contributed by atoms with Crippen molar-refractivity contribution in [2.75, 3.05) is 13.2 Å². The Hall–Kier alpha value is -2.11. The Morgan fingerprint density at radius 1 is 1.30 bits per heavy atom. The van der Waals surface area contributed by atoms with Crippen molar-refractivity contribution in [2.45, 2.75) is 38.6 Å². The van der Waals surface area contributed by atoms with Crippen LogP contribution in [0.15, 0.2) is 24.3 Å². The van der Waals surface area contributed by atoms with Crippen LogP contribution in [-0.4, -0.2) is 35.9 Å². The first kappa shape index (κ1) is 17.2. The van der Waals surface area contributed by atoms with Gasteiger partial charge in [-0.15, -0.1) is 0 Å². The van der Waals surface area contributed by atoms with E-state index in [4.69, 9.17) is 10.5 Å². The average Bonchev–Trinajstić information content (AvgIpc) is 2.53. The first-order valence-electron chi connectivity index (χ1n) is 7.94. The van der Waals surface area contributed by atoms with Crippen molar-refractivity contribution in [2.24, 2.45) is 11.7 Å². The van der Waals surface area contributed by atoms with E-state index in [0.717, 1.165) is 12.8 Å². The molecule has 2 amide bonds. The lowest BCUT2D eigenvalue weighted by Crippen LogP contribution is -2.48. The maximum Gasteiger partial charge on any atom is 0.222 e. The van der Waals surface area contributed by atoms with Crippen LogP contribution in [-0.2, 0) is 9.59 Å². The maximum absolute atomic E-state index is 12.8. The number of ether oxygens (including phenoxy) is 1. The molecule has 2 rings (SSSR count). The summed E-state index contributed by atoms with van der Waals surface area (Å²) >= 11 is 0. The number of hydrogen-bond donors (Lipinski definition) is 1. The highest BCUT2D eigenvalue weighted by atomic mass is 19.1. The van der Waals surface area contributed by atoms with Gasteiger partial charge in [0.05, 0.1) is 12.5 Å². The van der Waals surface area contributed by atoms with Gasteiger partial charge < -0.3 is 15.4 Å². The number of halogens is 1. The number of hydrogen-bond acceptors (Lipinski definition) is 3. The van der Waals surface area contributed by atoms with E-state index in [1.54, 1.807) is 17.0 Å². The van der Waals surface area contributed by atoms with Crippen LogP contribution in [0.3, 0.4) is 0 Å². The molecule has 0 unspecified atom stereocenters. The number of benzene rings is 1. The van der Waals surface area contributed by atoms with Gasteiger partial charge >= 0.3 is 0 Å². The first-order chi connectivity index (χ1) is 11.0. The van der Waals surface area contributed by atoms with Crippen LogP contribution in [0.1, 0.15) is 32.6 Å². The number of amides is 2. The van der Waals surface area contributed by atoms with Gasteiger partial charge in [-0.1, -0.05) is 0 Å². The monoisotopic (exact) mass is 322 g/mol. The van der Waals surface area contributed by atoms with Crippen LogP contribution in [0, 0.1) is 11.7 Å². The number of carbonyl (C=O) groups excluding carboxylic acids is 2. The summed E-state index contributed by atoms with van der Waals surface area (Å²) in [5.41, 5.74) is 5.35. The van der Waals surface area contributed by atoms with Crippen molar-refractivity contribution in [1.29, 1.82) is 0 Å². The Morgan fingerprint density at radius 2 is 2.00 bits per heavy atom. The minimum absolute atomic E-state index is 0.0196. The standard InChI is InChI=1S/C17H23FN2O3/c1-12-4-5-13(17(19)22)11-20(12)16(21)3-2-10-23-15-8-6-14(18)7-9-15/h6-9,12-13H,2-5,10-11H2,1H3,(H2,19,22)/t12-,13-/m1/s1. The number of carbonyl (C=O) groups is 2. The lowest BCUT2D eigenvalue weighted by Gasteiger charge is -2.37. The fourth-order valence-corrected chi connectivity index (χ4v) is 2.77. The zero-order valence-corrected chi connectivity index (χ0v) is 13.3. The van der Waals surface area contributed by atoms with Crippen molar-refractivity contribution in [3.63, 3.8) is 0 Å². The van der Waals surface area contributed by atoms with Crippen molar-refractivity contribution in [3.05, 3.63) is 30.1 Å². The third-order valence-corrected chi connectivity index (χ3v) is 4.22. The fraction of sp³-hybridized carbons (Fsp3) is 0.529. The molecule has 0 bridgehead atoms. The SMILES string of the molecule is C[C@@H]1CC[C@@H](C(N)=O)CN1C(=O)CCCOc1ccc(F)cc1. The second-order valence-electron chi connectivity index (χ2n) is 5.98. The molecule has 1 aromatic rings.